The number of carbonyl (C=O) groups is 2. The van der Waals surface area contributed by atoms with Crippen molar-refractivity contribution in [1.82, 2.24) is 4.98 Å². The van der Waals surface area contributed by atoms with E-state index in [9.17, 15) is 22.8 Å². The molecule has 1 aromatic heterocycles. The third-order valence-electron chi connectivity index (χ3n) is 5.98. The van der Waals surface area contributed by atoms with Crippen molar-refractivity contribution >= 4 is 39.7 Å². The number of rotatable bonds is 3. The van der Waals surface area contributed by atoms with E-state index in [0.717, 1.165) is 23.0 Å². The molecule has 1 N–H and O–H groups in total. The number of hydrogen-bond acceptors (Lipinski definition) is 4. The van der Waals surface area contributed by atoms with Crippen LogP contribution in [-0.4, -0.2) is 29.9 Å². The molecule has 9 heteroatoms. The SMILES string of the molecule is O=C(/C=C1\CCN(C(=O)C2=CCOC=C2)c2cc(C(F)(F)F)ccc21)Nc1ccc2cccnc2c1. The third-order valence-corrected chi connectivity index (χ3v) is 5.98. The minimum Gasteiger partial charge on any atom is -0.497 e. The van der Waals surface area contributed by atoms with Gasteiger partial charge in [-0.05, 0) is 54.5 Å². The molecule has 0 spiro atoms. The number of benzene rings is 2. The molecule has 2 aromatic carbocycles. The van der Waals surface area contributed by atoms with Crippen LogP contribution < -0.4 is 10.2 Å². The van der Waals surface area contributed by atoms with Gasteiger partial charge in [-0.25, -0.2) is 0 Å². The normalized spacial score (nSPS) is 16.4. The standard InChI is InChI=1S/C27H20F3N3O3/c28-27(29,30)20-4-6-22-19(7-11-33(24(22)15-20)26(35)18-8-12-36-13-9-18)14-25(34)32-21-5-3-17-2-1-10-31-23(17)16-21/h1-6,8-10,12,14-16H,7,11,13H2,(H,32,34)/b19-14+. The molecule has 0 bridgehead atoms. The summed E-state index contributed by atoms with van der Waals surface area (Å²) >= 11 is 0. The van der Waals surface area contributed by atoms with Gasteiger partial charge in [0.1, 0.15) is 6.61 Å². The highest BCUT2D eigenvalue weighted by atomic mass is 19.4. The molecule has 2 aliphatic heterocycles. The quantitative estimate of drug-likeness (QED) is 0.493. The van der Waals surface area contributed by atoms with Crippen LogP contribution in [-0.2, 0) is 20.5 Å². The molecule has 0 saturated carbocycles. The van der Waals surface area contributed by atoms with Gasteiger partial charge >= 0.3 is 6.18 Å². The van der Waals surface area contributed by atoms with Crippen LogP contribution in [0.1, 0.15) is 17.5 Å². The summed E-state index contributed by atoms with van der Waals surface area (Å²) in [5.74, 6) is -0.858. The van der Waals surface area contributed by atoms with Crippen molar-refractivity contribution in [2.45, 2.75) is 12.6 Å². The maximum Gasteiger partial charge on any atom is 0.416 e. The van der Waals surface area contributed by atoms with Crippen LogP contribution >= 0.6 is 0 Å². The predicted octanol–water partition coefficient (Wildman–Crippen LogP) is 5.48. The van der Waals surface area contributed by atoms with Crippen molar-refractivity contribution in [2.24, 2.45) is 0 Å². The van der Waals surface area contributed by atoms with Crippen LogP contribution in [0.2, 0.25) is 0 Å². The molecule has 182 valence electrons. The summed E-state index contributed by atoms with van der Waals surface area (Å²) in [6.45, 7) is 0.328. The van der Waals surface area contributed by atoms with Crippen LogP contribution in [0.5, 0.6) is 0 Å². The molecular weight excluding hydrogens is 471 g/mol. The molecule has 3 aromatic rings. The Morgan fingerprint density at radius 3 is 2.75 bits per heavy atom. The predicted molar refractivity (Wildman–Crippen MR) is 130 cm³/mol. The second-order valence-corrected chi connectivity index (χ2v) is 8.30. The van der Waals surface area contributed by atoms with E-state index in [1.807, 2.05) is 18.2 Å². The molecule has 0 radical (unpaired) electrons. The lowest BCUT2D eigenvalue weighted by molar-refractivity contribution is -0.137. The number of anilines is 2. The van der Waals surface area contributed by atoms with E-state index in [1.54, 1.807) is 24.4 Å². The summed E-state index contributed by atoms with van der Waals surface area (Å²) in [4.78, 5) is 31.5. The lowest BCUT2D eigenvalue weighted by Gasteiger charge is -2.32. The number of ether oxygens (including phenoxy) is 1. The van der Waals surface area contributed by atoms with Crippen molar-refractivity contribution in [3.63, 3.8) is 0 Å². The number of halogens is 3. The van der Waals surface area contributed by atoms with Crippen LogP contribution in [0, 0.1) is 0 Å². The van der Waals surface area contributed by atoms with Crippen molar-refractivity contribution in [2.75, 3.05) is 23.4 Å². The van der Waals surface area contributed by atoms with Crippen molar-refractivity contribution in [1.29, 1.82) is 0 Å². The van der Waals surface area contributed by atoms with Gasteiger partial charge in [-0.2, -0.15) is 13.2 Å². The average molecular weight is 491 g/mol. The molecule has 5 rings (SSSR count). The highest BCUT2D eigenvalue weighted by Gasteiger charge is 2.34. The molecule has 0 atom stereocenters. The zero-order chi connectivity index (χ0) is 25.3. The molecule has 0 fully saturated rings. The Hall–Kier alpha value is -4.40. The van der Waals surface area contributed by atoms with Gasteiger partial charge in [-0.3, -0.25) is 14.6 Å². The van der Waals surface area contributed by atoms with E-state index >= 15 is 0 Å². The minimum absolute atomic E-state index is 0.107. The van der Waals surface area contributed by atoms with Gasteiger partial charge in [0.25, 0.3) is 5.91 Å². The molecule has 0 saturated heterocycles. The van der Waals surface area contributed by atoms with Crippen molar-refractivity contribution < 1.29 is 27.5 Å². The zero-order valence-electron chi connectivity index (χ0n) is 18.9. The van der Waals surface area contributed by atoms with Gasteiger partial charge in [-0.1, -0.05) is 18.2 Å². The molecule has 2 aliphatic rings. The second-order valence-electron chi connectivity index (χ2n) is 8.30. The molecule has 0 unspecified atom stereocenters. The summed E-state index contributed by atoms with van der Waals surface area (Å²) in [5, 5.41) is 3.71. The Bertz CT molecular complexity index is 1460. The average Bonchev–Trinajstić information content (AvgIpc) is 2.88. The van der Waals surface area contributed by atoms with E-state index in [-0.39, 0.29) is 18.8 Å². The number of nitrogens with zero attached hydrogens (tertiary/aromatic N) is 2. The minimum atomic E-state index is -4.58. The van der Waals surface area contributed by atoms with Crippen LogP contribution in [0.3, 0.4) is 0 Å². The topological polar surface area (TPSA) is 71.5 Å². The number of pyridine rings is 1. The van der Waals surface area contributed by atoms with Gasteiger partial charge in [0.2, 0.25) is 5.91 Å². The monoisotopic (exact) mass is 491 g/mol. The zero-order valence-corrected chi connectivity index (χ0v) is 18.9. The van der Waals surface area contributed by atoms with Crippen LogP contribution in [0.25, 0.3) is 16.5 Å². The number of nitrogens with one attached hydrogen (secondary N) is 1. The molecule has 0 aliphatic carbocycles. The van der Waals surface area contributed by atoms with E-state index in [4.69, 9.17) is 4.74 Å². The summed E-state index contributed by atoms with van der Waals surface area (Å²) < 4.78 is 45.5. The molecule has 3 heterocycles. The number of aromatic nitrogens is 1. The fraction of sp³-hybridized carbons (Fsp3) is 0.148. The Morgan fingerprint density at radius 2 is 1.97 bits per heavy atom. The summed E-state index contributed by atoms with van der Waals surface area (Å²) in [6.07, 6.45) is 3.17. The largest absolute Gasteiger partial charge is 0.497 e. The van der Waals surface area contributed by atoms with Gasteiger partial charge in [0.05, 0.1) is 23.0 Å². The maximum atomic E-state index is 13.5. The summed E-state index contributed by atoms with van der Waals surface area (Å²) in [7, 11) is 0. The van der Waals surface area contributed by atoms with Gasteiger partial charge in [0.15, 0.2) is 0 Å². The molecule has 36 heavy (non-hydrogen) atoms. The van der Waals surface area contributed by atoms with E-state index in [2.05, 4.69) is 10.3 Å². The van der Waals surface area contributed by atoms with E-state index in [0.29, 0.717) is 28.8 Å². The third kappa shape index (κ3) is 4.72. The summed E-state index contributed by atoms with van der Waals surface area (Å²) in [6, 6.07) is 12.3. The first-order chi connectivity index (χ1) is 17.3. The number of alkyl halides is 3. The Labute approximate surface area is 204 Å². The Balaban J connectivity index is 1.47. The first-order valence-corrected chi connectivity index (χ1v) is 11.2. The van der Waals surface area contributed by atoms with Gasteiger partial charge in [-0.15, -0.1) is 0 Å². The lowest BCUT2D eigenvalue weighted by Crippen LogP contribution is -2.36. The number of carbonyl (C=O) groups excluding carboxylic acids is 2. The van der Waals surface area contributed by atoms with E-state index < -0.39 is 23.6 Å². The highest BCUT2D eigenvalue weighted by molar-refractivity contribution is 6.11. The van der Waals surface area contributed by atoms with Crippen molar-refractivity contribution in [3.05, 3.63) is 95.9 Å². The maximum absolute atomic E-state index is 13.5. The number of fused-ring (bicyclic) bond motifs is 2. The smallest absolute Gasteiger partial charge is 0.416 e. The fourth-order valence-corrected chi connectivity index (χ4v) is 4.23. The van der Waals surface area contributed by atoms with Crippen LogP contribution in [0.15, 0.2) is 84.8 Å². The number of amides is 2. The second kappa shape index (κ2) is 9.33. The lowest BCUT2D eigenvalue weighted by atomic mass is 9.93. The van der Waals surface area contributed by atoms with Crippen molar-refractivity contribution in [3.8, 4) is 0 Å². The molecule has 6 nitrogen and oxygen atoms in total. The Kier molecular flexibility index (Phi) is 6.05. The van der Waals surface area contributed by atoms with Gasteiger partial charge < -0.3 is 15.0 Å². The highest BCUT2D eigenvalue weighted by Crippen LogP contribution is 2.40. The first-order valence-electron chi connectivity index (χ1n) is 11.2. The van der Waals surface area contributed by atoms with E-state index in [1.165, 1.54) is 29.4 Å². The molecule has 2 amide bonds. The van der Waals surface area contributed by atoms with Gasteiger partial charge in [0, 0.05) is 41.0 Å². The summed E-state index contributed by atoms with van der Waals surface area (Å²) in [5.41, 5.74) is 1.77. The Morgan fingerprint density at radius 1 is 1.11 bits per heavy atom. The molecular formula is C27H20F3N3O3. The first kappa shape index (κ1) is 23.3. The number of hydrogen-bond donors (Lipinski definition) is 1. The van der Waals surface area contributed by atoms with Crippen LogP contribution in [0.4, 0.5) is 24.5 Å². The fourth-order valence-electron chi connectivity index (χ4n) is 4.23.